The van der Waals surface area contributed by atoms with Crippen molar-refractivity contribution in [3.63, 3.8) is 0 Å². The van der Waals surface area contributed by atoms with Crippen LogP contribution in [-0.2, 0) is 19.2 Å². The van der Waals surface area contributed by atoms with Gasteiger partial charge in [0, 0.05) is 25.7 Å². The minimum absolute atomic E-state index is 0.0636. The van der Waals surface area contributed by atoms with Gasteiger partial charge < -0.3 is 14.7 Å². The van der Waals surface area contributed by atoms with E-state index in [2.05, 4.69) is 10.2 Å². The van der Waals surface area contributed by atoms with Crippen LogP contribution >= 0.6 is 23.2 Å². The molecule has 14 heteroatoms. The predicted molar refractivity (Wildman–Crippen MR) is 209 cm³/mol. The van der Waals surface area contributed by atoms with Crippen molar-refractivity contribution in [2.45, 2.75) is 28.5 Å². The molecule has 3 fully saturated rings. The first kappa shape index (κ1) is 37.5. The Morgan fingerprint density at radius 1 is 0.786 bits per heavy atom. The van der Waals surface area contributed by atoms with Crippen LogP contribution in [0, 0.1) is 23.6 Å². The van der Waals surface area contributed by atoms with E-state index in [9.17, 15) is 28.7 Å². The van der Waals surface area contributed by atoms with Gasteiger partial charge in [0.05, 0.1) is 41.2 Å². The molecule has 4 aromatic rings. The zero-order valence-corrected chi connectivity index (χ0v) is 31.8. The van der Waals surface area contributed by atoms with Gasteiger partial charge in [0.25, 0.3) is 11.8 Å². The molecular formula is C42H36Cl2FN5O6. The Bertz CT molecular complexity index is 2290. The van der Waals surface area contributed by atoms with Crippen molar-refractivity contribution in [2.24, 2.45) is 28.0 Å². The number of aliphatic hydroxyl groups is 1. The maximum Gasteiger partial charge on any atom is 0.258 e. The van der Waals surface area contributed by atoms with Crippen LogP contribution in [0.3, 0.4) is 0 Å². The molecular weight excluding hydrogens is 760 g/mol. The molecule has 2 saturated heterocycles. The quantitative estimate of drug-likeness (QED) is 0.0806. The number of carbonyl (C=O) groups excluding carboxylic acids is 4. The molecule has 286 valence electrons. The predicted octanol–water partition coefficient (Wildman–Crippen LogP) is 7.45. The fourth-order valence-corrected chi connectivity index (χ4v) is 9.48. The minimum Gasteiger partial charge on any atom is -0.491 e. The van der Waals surface area contributed by atoms with Gasteiger partial charge in [0.15, 0.2) is 9.75 Å². The zero-order chi connectivity index (χ0) is 39.5. The van der Waals surface area contributed by atoms with E-state index in [1.54, 1.807) is 48.5 Å². The molecule has 8 rings (SSSR count). The number of anilines is 3. The maximum atomic E-state index is 14.6. The van der Waals surface area contributed by atoms with Crippen molar-refractivity contribution in [1.29, 1.82) is 0 Å². The number of benzene rings is 4. The van der Waals surface area contributed by atoms with E-state index >= 15 is 0 Å². The third-order valence-electron chi connectivity index (χ3n) is 11.2. The number of rotatable bonds is 9. The Kier molecular flexibility index (Phi) is 9.54. The fraction of sp³-hybridized carbons (Fsp3) is 0.286. The van der Waals surface area contributed by atoms with Gasteiger partial charge in [0.1, 0.15) is 18.2 Å². The molecule has 2 aliphatic heterocycles. The summed E-state index contributed by atoms with van der Waals surface area (Å²) in [5.41, 5.74) is 3.82. The van der Waals surface area contributed by atoms with Crippen molar-refractivity contribution < 1.29 is 33.4 Å². The molecule has 1 saturated carbocycles. The summed E-state index contributed by atoms with van der Waals surface area (Å²) >= 11 is 14.9. The number of alkyl halides is 2. The van der Waals surface area contributed by atoms with Crippen molar-refractivity contribution >= 4 is 75.3 Å². The van der Waals surface area contributed by atoms with Crippen LogP contribution in [0.15, 0.2) is 119 Å². The highest BCUT2D eigenvalue weighted by Gasteiger charge is 2.76. The van der Waals surface area contributed by atoms with E-state index < -0.39 is 57.0 Å². The van der Waals surface area contributed by atoms with Crippen LogP contribution in [0.4, 0.5) is 32.8 Å². The van der Waals surface area contributed by atoms with Gasteiger partial charge in [0.2, 0.25) is 11.8 Å². The second-order valence-electron chi connectivity index (χ2n) is 14.5. The molecule has 0 bridgehead atoms. The monoisotopic (exact) mass is 795 g/mol. The molecule has 11 nitrogen and oxygen atoms in total. The molecule has 4 aliphatic rings. The molecule has 2 aliphatic carbocycles. The van der Waals surface area contributed by atoms with Gasteiger partial charge in [-0.15, -0.1) is 23.2 Å². The van der Waals surface area contributed by atoms with Gasteiger partial charge in [-0.25, -0.2) is 9.29 Å². The number of allylic oxidation sites excluding steroid dienone is 2. The molecule has 56 heavy (non-hydrogen) atoms. The van der Waals surface area contributed by atoms with Gasteiger partial charge in [-0.1, -0.05) is 23.8 Å². The Balaban J connectivity index is 1.14. The number of ether oxygens (including phenoxy) is 1. The molecule has 2 heterocycles. The normalized spacial score (nSPS) is 27.0. The van der Waals surface area contributed by atoms with Crippen LogP contribution in [0.5, 0.6) is 5.75 Å². The van der Waals surface area contributed by atoms with E-state index in [4.69, 9.17) is 27.9 Å². The lowest BCUT2D eigenvalue weighted by molar-refractivity contribution is -0.125. The summed E-state index contributed by atoms with van der Waals surface area (Å²) in [6, 6.07) is 25.8. The Labute approximate surface area is 332 Å². The number of halogens is 3. The lowest BCUT2D eigenvalue weighted by atomic mass is 9.56. The summed E-state index contributed by atoms with van der Waals surface area (Å²) in [6.07, 6.45) is 1.84. The highest BCUT2D eigenvalue weighted by Crippen LogP contribution is 2.66. The zero-order valence-electron chi connectivity index (χ0n) is 30.3. The van der Waals surface area contributed by atoms with Crippen molar-refractivity contribution in [3.05, 3.63) is 120 Å². The summed E-state index contributed by atoms with van der Waals surface area (Å²) in [6.45, 7) is -0.129. The molecule has 4 amide bonds. The van der Waals surface area contributed by atoms with Crippen molar-refractivity contribution in [3.8, 4) is 5.75 Å². The van der Waals surface area contributed by atoms with Gasteiger partial charge in [-0.2, -0.15) is 10.2 Å². The van der Waals surface area contributed by atoms with E-state index in [1.165, 1.54) is 17.0 Å². The standard InChI is InChI=1S/C42H36Cl2FN5O6/c1-48(2)28-13-7-26(8-14-28)46-47-27-9-15-29(16-10-27)49-37(52)33-20-19-32-34(35(33)38(49)53)23-41(43)39(54)50(30-11-5-25(45)6-12-30)40(55)42(41,44)36(32)24-3-17-31(18-4-24)56-22-21-51/h3-19,33-36,51H,20-23H2,1-2H3. The molecule has 4 aromatic carbocycles. The number of fused-ring (bicyclic) bond motifs is 4. The number of hydrogen-bond donors (Lipinski definition) is 1. The first-order valence-corrected chi connectivity index (χ1v) is 18.9. The van der Waals surface area contributed by atoms with Gasteiger partial charge in [-0.3, -0.25) is 24.1 Å². The van der Waals surface area contributed by atoms with Gasteiger partial charge in [-0.05, 0) is 109 Å². The van der Waals surface area contributed by atoms with Crippen LogP contribution in [0.25, 0.3) is 0 Å². The lowest BCUT2D eigenvalue weighted by Crippen LogP contribution is -2.60. The van der Waals surface area contributed by atoms with Crippen LogP contribution < -0.4 is 19.4 Å². The van der Waals surface area contributed by atoms with E-state index in [1.807, 2.05) is 49.3 Å². The van der Waals surface area contributed by atoms with Crippen molar-refractivity contribution in [2.75, 3.05) is 42.0 Å². The number of imide groups is 2. The number of amides is 4. The lowest BCUT2D eigenvalue weighted by Gasteiger charge is -2.50. The van der Waals surface area contributed by atoms with Crippen LogP contribution in [0.1, 0.15) is 24.3 Å². The van der Waals surface area contributed by atoms with Gasteiger partial charge >= 0.3 is 0 Å². The molecule has 6 atom stereocenters. The molecule has 0 radical (unpaired) electrons. The van der Waals surface area contributed by atoms with E-state index in [0.717, 1.165) is 22.7 Å². The maximum absolute atomic E-state index is 14.6. The topological polar surface area (TPSA) is 132 Å². The summed E-state index contributed by atoms with van der Waals surface area (Å²) in [5, 5.41) is 17.9. The second kappa shape index (κ2) is 14.3. The number of hydrogen-bond acceptors (Lipinski definition) is 9. The Morgan fingerprint density at radius 2 is 1.38 bits per heavy atom. The molecule has 1 N–H and O–H groups in total. The minimum atomic E-state index is -2.06. The van der Waals surface area contributed by atoms with Crippen LogP contribution in [-0.4, -0.2) is 65.8 Å². The van der Waals surface area contributed by atoms with E-state index in [-0.39, 0.29) is 37.6 Å². The third kappa shape index (κ3) is 5.89. The van der Waals surface area contributed by atoms with E-state index in [0.29, 0.717) is 33.9 Å². The smallest absolute Gasteiger partial charge is 0.258 e. The second-order valence-corrected chi connectivity index (χ2v) is 15.8. The largest absolute Gasteiger partial charge is 0.491 e. The first-order chi connectivity index (χ1) is 26.9. The number of aliphatic hydroxyl groups excluding tert-OH is 1. The highest BCUT2D eigenvalue weighted by atomic mass is 35.5. The number of carbonyl (C=O) groups is 4. The third-order valence-corrected chi connectivity index (χ3v) is 12.6. The SMILES string of the molecule is CN(C)c1ccc(N=Nc2ccc(N3C(=O)C4CC=C5C(CC6(Cl)C(=O)N(c7ccc(F)cc7)C(=O)C6(Cl)C5c5ccc(OCCO)cc5)C4C3=O)cc2)cc1. The molecule has 0 spiro atoms. The van der Waals surface area contributed by atoms with Crippen LogP contribution in [0.2, 0.25) is 0 Å². The first-order valence-electron chi connectivity index (χ1n) is 18.1. The average molecular weight is 797 g/mol. The highest BCUT2D eigenvalue weighted by molar-refractivity contribution is 6.58. The fourth-order valence-electron chi connectivity index (χ4n) is 8.55. The summed E-state index contributed by atoms with van der Waals surface area (Å²) in [5.74, 6) is -5.93. The molecule has 0 aromatic heterocycles. The number of azo groups is 1. The Morgan fingerprint density at radius 3 is 1.98 bits per heavy atom. The summed E-state index contributed by atoms with van der Waals surface area (Å²) < 4.78 is 19.5. The van der Waals surface area contributed by atoms with Crippen molar-refractivity contribution in [1.82, 2.24) is 0 Å². The number of nitrogens with zero attached hydrogens (tertiary/aromatic N) is 5. The summed E-state index contributed by atoms with van der Waals surface area (Å²) in [7, 11) is 3.90. The Hall–Kier alpha value is -5.43. The molecule has 6 unspecified atom stereocenters. The summed E-state index contributed by atoms with van der Waals surface area (Å²) in [4.78, 5) is 57.6. The average Bonchev–Trinajstić information content (AvgIpc) is 3.54.